The van der Waals surface area contributed by atoms with Crippen LogP contribution in [0, 0.1) is 0 Å². The fourth-order valence-corrected chi connectivity index (χ4v) is 3.55. The molecular weight excluding hydrogens is 354 g/mol. The molecule has 0 radical (unpaired) electrons. The average Bonchev–Trinajstić information content (AvgIpc) is 2.91. The molecule has 28 heavy (non-hydrogen) atoms. The number of carbonyl (C=O) groups excluding carboxylic acids is 2. The molecule has 0 spiro atoms. The van der Waals surface area contributed by atoms with Crippen LogP contribution < -0.4 is 10.6 Å². The molecule has 0 aromatic heterocycles. The van der Waals surface area contributed by atoms with E-state index in [1.54, 1.807) is 0 Å². The van der Waals surface area contributed by atoms with Crippen molar-refractivity contribution in [3.63, 3.8) is 0 Å². The lowest BCUT2D eigenvalue weighted by molar-refractivity contribution is -0.132. The van der Waals surface area contributed by atoms with Crippen LogP contribution in [0.25, 0.3) is 0 Å². The standard InChI is InChI=1S/C22H35N3O3/c1-15(23-21(2,3)4)18(24-22(5,6)7)19(26)25-17(14-28-20(25)27)13-16-11-9-8-10-12-16/h8-12,15,17-18,23-24H,13-14H2,1-7H3/t15-,17-,18+/m0/s1. The molecule has 0 aliphatic carbocycles. The lowest BCUT2D eigenvalue weighted by Crippen LogP contribution is -2.63. The monoisotopic (exact) mass is 389 g/mol. The van der Waals surface area contributed by atoms with Gasteiger partial charge in [-0.3, -0.25) is 10.1 Å². The van der Waals surface area contributed by atoms with Gasteiger partial charge in [-0.2, -0.15) is 0 Å². The minimum atomic E-state index is -0.561. The molecule has 1 aliphatic rings. The van der Waals surface area contributed by atoms with Crippen molar-refractivity contribution in [2.24, 2.45) is 0 Å². The molecule has 0 bridgehead atoms. The fraction of sp³-hybridized carbons (Fsp3) is 0.636. The van der Waals surface area contributed by atoms with Gasteiger partial charge in [0.2, 0.25) is 0 Å². The summed E-state index contributed by atoms with van der Waals surface area (Å²) in [5.74, 6) is -0.248. The zero-order chi connectivity index (χ0) is 21.1. The van der Waals surface area contributed by atoms with E-state index in [0.29, 0.717) is 6.42 Å². The van der Waals surface area contributed by atoms with Crippen molar-refractivity contribution < 1.29 is 14.3 Å². The Bertz CT molecular complexity index is 677. The summed E-state index contributed by atoms with van der Waals surface area (Å²) >= 11 is 0. The summed E-state index contributed by atoms with van der Waals surface area (Å²) in [5.41, 5.74) is 0.629. The number of amides is 2. The smallest absolute Gasteiger partial charge is 0.417 e. The lowest BCUT2D eigenvalue weighted by Gasteiger charge is -2.37. The first kappa shape index (κ1) is 22.4. The van der Waals surface area contributed by atoms with E-state index in [2.05, 4.69) is 31.4 Å². The number of rotatable bonds is 6. The maximum absolute atomic E-state index is 13.5. The van der Waals surface area contributed by atoms with E-state index in [1.807, 2.05) is 58.0 Å². The Balaban J connectivity index is 2.25. The number of imide groups is 1. The Morgan fingerprint density at radius 2 is 1.68 bits per heavy atom. The van der Waals surface area contributed by atoms with E-state index in [9.17, 15) is 9.59 Å². The third-order valence-electron chi connectivity index (χ3n) is 4.53. The van der Waals surface area contributed by atoms with Gasteiger partial charge in [0.25, 0.3) is 5.91 Å². The second-order valence-electron chi connectivity index (χ2n) is 9.68. The van der Waals surface area contributed by atoms with Gasteiger partial charge in [-0.05, 0) is 60.5 Å². The van der Waals surface area contributed by atoms with E-state index in [0.717, 1.165) is 5.56 Å². The highest BCUT2D eigenvalue weighted by atomic mass is 16.6. The van der Waals surface area contributed by atoms with Gasteiger partial charge >= 0.3 is 6.09 Å². The number of benzene rings is 1. The van der Waals surface area contributed by atoms with Crippen LogP contribution in [0.3, 0.4) is 0 Å². The highest BCUT2D eigenvalue weighted by Gasteiger charge is 2.43. The molecule has 3 atom stereocenters. The van der Waals surface area contributed by atoms with E-state index in [1.165, 1.54) is 4.90 Å². The van der Waals surface area contributed by atoms with Gasteiger partial charge in [-0.25, -0.2) is 9.69 Å². The van der Waals surface area contributed by atoms with E-state index < -0.39 is 12.1 Å². The summed E-state index contributed by atoms with van der Waals surface area (Å²) in [4.78, 5) is 27.2. The minimum Gasteiger partial charge on any atom is -0.447 e. The number of nitrogens with zero attached hydrogens (tertiary/aromatic N) is 1. The topological polar surface area (TPSA) is 70.7 Å². The Morgan fingerprint density at radius 3 is 2.21 bits per heavy atom. The van der Waals surface area contributed by atoms with Gasteiger partial charge in [0.1, 0.15) is 12.6 Å². The van der Waals surface area contributed by atoms with Crippen molar-refractivity contribution in [1.29, 1.82) is 0 Å². The van der Waals surface area contributed by atoms with Crippen molar-refractivity contribution in [3.8, 4) is 0 Å². The van der Waals surface area contributed by atoms with Crippen LogP contribution in [0.15, 0.2) is 30.3 Å². The van der Waals surface area contributed by atoms with Gasteiger partial charge in [0.05, 0.1) is 6.04 Å². The van der Waals surface area contributed by atoms with Crippen molar-refractivity contribution >= 4 is 12.0 Å². The Morgan fingerprint density at radius 1 is 1.11 bits per heavy atom. The molecule has 1 aromatic rings. The van der Waals surface area contributed by atoms with Crippen LogP contribution in [0.5, 0.6) is 0 Å². The molecule has 2 N–H and O–H groups in total. The van der Waals surface area contributed by atoms with Crippen molar-refractivity contribution in [1.82, 2.24) is 15.5 Å². The molecule has 6 nitrogen and oxygen atoms in total. The quantitative estimate of drug-likeness (QED) is 0.782. The van der Waals surface area contributed by atoms with Crippen LogP contribution >= 0.6 is 0 Å². The molecule has 0 saturated carbocycles. The number of carbonyl (C=O) groups is 2. The molecule has 156 valence electrons. The van der Waals surface area contributed by atoms with E-state index >= 15 is 0 Å². The summed E-state index contributed by atoms with van der Waals surface area (Å²) in [7, 11) is 0. The predicted molar refractivity (Wildman–Crippen MR) is 111 cm³/mol. The fourth-order valence-electron chi connectivity index (χ4n) is 3.55. The zero-order valence-electron chi connectivity index (χ0n) is 18.2. The van der Waals surface area contributed by atoms with Crippen LogP contribution in [-0.2, 0) is 16.0 Å². The predicted octanol–water partition coefficient (Wildman–Crippen LogP) is 3.11. The van der Waals surface area contributed by atoms with Crippen molar-refractivity contribution in [3.05, 3.63) is 35.9 Å². The van der Waals surface area contributed by atoms with E-state index in [-0.39, 0.29) is 35.7 Å². The van der Waals surface area contributed by atoms with Gasteiger partial charge < -0.3 is 10.1 Å². The van der Waals surface area contributed by atoms with Crippen molar-refractivity contribution in [2.75, 3.05) is 6.61 Å². The molecule has 1 heterocycles. The maximum atomic E-state index is 13.5. The first-order valence-electron chi connectivity index (χ1n) is 9.96. The van der Waals surface area contributed by atoms with E-state index in [4.69, 9.17) is 4.74 Å². The molecule has 1 aromatic carbocycles. The normalized spacial score (nSPS) is 20.0. The van der Waals surface area contributed by atoms with Gasteiger partial charge in [-0.1, -0.05) is 30.3 Å². The molecule has 6 heteroatoms. The second-order valence-corrected chi connectivity index (χ2v) is 9.68. The van der Waals surface area contributed by atoms with Gasteiger partial charge in [0.15, 0.2) is 0 Å². The van der Waals surface area contributed by atoms with Crippen LogP contribution in [0.4, 0.5) is 4.79 Å². The summed E-state index contributed by atoms with van der Waals surface area (Å²) < 4.78 is 5.25. The largest absolute Gasteiger partial charge is 0.447 e. The molecule has 1 saturated heterocycles. The molecular formula is C22H35N3O3. The summed E-state index contributed by atoms with van der Waals surface area (Å²) in [6.07, 6.45) is 0.0244. The number of cyclic esters (lactones) is 1. The molecule has 2 amide bonds. The summed E-state index contributed by atoms with van der Waals surface area (Å²) in [6.45, 7) is 14.4. The molecule has 0 unspecified atom stereocenters. The first-order chi connectivity index (χ1) is 12.9. The van der Waals surface area contributed by atoms with Crippen LogP contribution in [-0.4, -0.2) is 52.7 Å². The maximum Gasteiger partial charge on any atom is 0.417 e. The number of nitrogens with one attached hydrogen (secondary N) is 2. The lowest BCUT2D eigenvalue weighted by atomic mass is 9.98. The summed E-state index contributed by atoms with van der Waals surface area (Å²) in [6, 6.07) is 8.84. The number of hydrogen-bond donors (Lipinski definition) is 2. The third kappa shape index (κ3) is 6.31. The van der Waals surface area contributed by atoms with Gasteiger partial charge in [-0.15, -0.1) is 0 Å². The molecule has 1 aliphatic heterocycles. The third-order valence-corrected chi connectivity index (χ3v) is 4.53. The van der Waals surface area contributed by atoms with Crippen LogP contribution in [0.2, 0.25) is 0 Å². The first-order valence-corrected chi connectivity index (χ1v) is 9.96. The molecule has 1 fully saturated rings. The van der Waals surface area contributed by atoms with Gasteiger partial charge in [0, 0.05) is 17.1 Å². The Kier molecular flexibility index (Phi) is 6.88. The number of hydrogen-bond acceptors (Lipinski definition) is 5. The number of ether oxygens (including phenoxy) is 1. The average molecular weight is 390 g/mol. The Hall–Kier alpha value is -1.92. The Labute approximate surface area is 169 Å². The van der Waals surface area contributed by atoms with Crippen molar-refractivity contribution in [2.45, 2.75) is 84.1 Å². The highest BCUT2D eigenvalue weighted by molar-refractivity contribution is 5.97. The highest BCUT2D eigenvalue weighted by Crippen LogP contribution is 2.20. The summed E-state index contributed by atoms with van der Waals surface area (Å²) in [5, 5.41) is 6.86. The SMILES string of the molecule is C[C@H](NC(C)(C)C)[C@@H](NC(C)(C)C)C(=O)N1C(=O)OC[C@@H]1Cc1ccccc1. The minimum absolute atomic E-state index is 0.160. The zero-order valence-corrected chi connectivity index (χ0v) is 18.2. The van der Waals surface area contributed by atoms with Crippen LogP contribution in [0.1, 0.15) is 54.0 Å². The second kappa shape index (κ2) is 8.62. The molecule has 2 rings (SSSR count).